The van der Waals surface area contributed by atoms with E-state index in [4.69, 9.17) is 5.73 Å². The molecule has 0 saturated heterocycles. The van der Waals surface area contributed by atoms with E-state index < -0.39 is 0 Å². The van der Waals surface area contributed by atoms with Gasteiger partial charge in [0.15, 0.2) is 0 Å². The quantitative estimate of drug-likeness (QED) is 0.369. The maximum atomic E-state index is 5.26. The Morgan fingerprint density at radius 1 is 1.71 bits per heavy atom. The molecule has 0 fully saturated rings. The van der Waals surface area contributed by atoms with Crippen LogP contribution in [0, 0.1) is 0 Å². The number of nitrogens with two attached hydrogens (primary N) is 1. The highest BCUT2D eigenvalue weighted by Gasteiger charge is 1.88. The van der Waals surface area contributed by atoms with Crippen molar-refractivity contribution >= 4 is 0 Å². The summed E-state index contributed by atoms with van der Waals surface area (Å²) in [5.74, 6) is 0. The highest BCUT2D eigenvalue weighted by molar-refractivity contribution is 4.35. The molecule has 3 nitrogen and oxygen atoms in total. The van der Waals surface area contributed by atoms with E-state index in [1.54, 1.807) is 0 Å². The third-order valence-corrected chi connectivity index (χ3v) is 0.918. The number of hydrogen-bond donors (Lipinski definition) is 2. The van der Waals surface area contributed by atoms with Crippen molar-refractivity contribution in [2.75, 3.05) is 20.3 Å². The monoisotopic (exact) mass is 103 g/mol. The summed E-state index contributed by atoms with van der Waals surface area (Å²) in [5.41, 5.74) is 8.17. The minimum absolute atomic E-state index is 0.576. The van der Waals surface area contributed by atoms with Crippen LogP contribution in [0.3, 0.4) is 0 Å². The molecule has 7 heavy (non-hydrogen) atoms. The highest BCUT2D eigenvalue weighted by atomic mass is 15.5. The van der Waals surface area contributed by atoms with Gasteiger partial charge in [-0.2, -0.15) is 0 Å². The summed E-state index contributed by atoms with van der Waals surface area (Å²) in [7, 11) is 1.86. The fraction of sp³-hybridized carbons (Fsp3) is 1.00. The molecule has 44 valence electrons. The maximum absolute atomic E-state index is 5.26. The molecule has 0 saturated carbocycles. The van der Waals surface area contributed by atoms with Crippen molar-refractivity contribution in [3.63, 3.8) is 0 Å². The number of nitrogens with zero attached hydrogens (tertiary/aromatic N) is 1. The van der Waals surface area contributed by atoms with Gasteiger partial charge >= 0.3 is 0 Å². The summed E-state index contributed by atoms with van der Waals surface area (Å²) in [5, 5.41) is 1.90. The molecule has 0 aromatic rings. The van der Waals surface area contributed by atoms with Crippen LogP contribution in [0.1, 0.15) is 6.92 Å². The van der Waals surface area contributed by atoms with Crippen LogP contribution in [-0.2, 0) is 0 Å². The van der Waals surface area contributed by atoms with Crippen LogP contribution in [0.2, 0.25) is 0 Å². The standard InChI is InChI=1S/C4H13N3/c1-3-7(4-5)6-2/h6H,3-5H2,1-2H3. The van der Waals surface area contributed by atoms with E-state index in [0.29, 0.717) is 6.67 Å². The van der Waals surface area contributed by atoms with Crippen molar-refractivity contribution in [1.29, 1.82) is 0 Å². The van der Waals surface area contributed by atoms with Gasteiger partial charge < -0.3 is 5.73 Å². The molecule has 0 aromatic carbocycles. The van der Waals surface area contributed by atoms with Gasteiger partial charge in [0.25, 0.3) is 0 Å². The second kappa shape index (κ2) is 4.05. The molecule has 0 radical (unpaired) electrons. The van der Waals surface area contributed by atoms with Crippen LogP contribution in [0.4, 0.5) is 0 Å². The Balaban J connectivity index is 2.99. The average molecular weight is 103 g/mol. The summed E-state index contributed by atoms with van der Waals surface area (Å²) in [6.07, 6.45) is 0. The molecule has 0 aliphatic carbocycles. The first-order valence-electron chi connectivity index (χ1n) is 2.47. The van der Waals surface area contributed by atoms with E-state index >= 15 is 0 Å². The van der Waals surface area contributed by atoms with E-state index in [2.05, 4.69) is 5.43 Å². The van der Waals surface area contributed by atoms with E-state index in [9.17, 15) is 0 Å². The van der Waals surface area contributed by atoms with E-state index in [1.807, 2.05) is 19.0 Å². The molecule has 0 unspecified atom stereocenters. The predicted molar refractivity (Wildman–Crippen MR) is 30.5 cm³/mol. The van der Waals surface area contributed by atoms with Crippen LogP contribution in [0.25, 0.3) is 0 Å². The zero-order valence-electron chi connectivity index (χ0n) is 4.94. The number of hydrazine groups is 1. The van der Waals surface area contributed by atoms with Gasteiger partial charge in [-0.1, -0.05) is 6.92 Å². The molecule has 3 heteroatoms. The summed E-state index contributed by atoms with van der Waals surface area (Å²) in [4.78, 5) is 0. The van der Waals surface area contributed by atoms with Crippen LogP contribution in [0.5, 0.6) is 0 Å². The van der Waals surface area contributed by atoms with Gasteiger partial charge in [-0.15, -0.1) is 0 Å². The van der Waals surface area contributed by atoms with Crippen molar-refractivity contribution < 1.29 is 0 Å². The Labute approximate surface area is 44.5 Å². The number of hydrogen-bond acceptors (Lipinski definition) is 3. The Morgan fingerprint density at radius 2 is 2.29 bits per heavy atom. The Morgan fingerprint density at radius 3 is 2.29 bits per heavy atom. The van der Waals surface area contributed by atoms with Crippen molar-refractivity contribution in [2.24, 2.45) is 5.73 Å². The first-order chi connectivity index (χ1) is 3.35. The van der Waals surface area contributed by atoms with Crippen molar-refractivity contribution in [2.45, 2.75) is 6.92 Å². The second-order valence-corrected chi connectivity index (χ2v) is 1.26. The number of nitrogens with one attached hydrogen (secondary N) is 1. The Bertz CT molecular complexity index is 28.4. The Kier molecular flexibility index (Phi) is 3.98. The summed E-state index contributed by atoms with van der Waals surface area (Å²) < 4.78 is 0. The lowest BCUT2D eigenvalue weighted by molar-refractivity contribution is 0.226. The van der Waals surface area contributed by atoms with Crippen LogP contribution in [-0.4, -0.2) is 25.3 Å². The molecule has 3 N–H and O–H groups in total. The van der Waals surface area contributed by atoms with Gasteiger partial charge in [0.2, 0.25) is 0 Å². The van der Waals surface area contributed by atoms with E-state index in [1.165, 1.54) is 0 Å². The first kappa shape index (κ1) is 6.88. The van der Waals surface area contributed by atoms with Crippen molar-refractivity contribution in [3.05, 3.63) is 0 Å². The summed E-state index contributed by atoms with van der Waals surface area (Å²) in [6, 6.07) is 0. The van der Waals surface area contributed by atoms with Crippen LogP contribution >= 0.6 is 0 Å². The van der Waals surface area contributed by atoms with Crippen molar-refractivity contribution in [1.82, 2.24) is 10.4 Å². The lowest BCUT2D eigenvalue weighted by Crippen LogP contribution is -2.39. The second-order valence-electron chi connectivity index (χ2n) is 1.26. The van der Waals surface area contributed by atoms with E-state index in [-0.39, 0.29) is 0 Å². The lowest BCUT2D eigenvalue weighted by atomic mass is 10.7. The minimum Gasteiger partial charge on any atom is -0.317 e. The molecule has 0 spiro atoms. The molecule has 0 heterocycles. The molecule has 0 bridgehead atoms. The summed E-state index contributed by atoms with van der Waals surface area (Å²) >= 11 is 0. The van der Waals surface area contributed by atoms with Gasteiger partial charge in [0.05, 0.1) is 6.67 Å². The maximum Gasteiger partial charge on any atom is 0.0595 e. The molecule has 0 rings (SSSR count). The zero-order valence-corrected chi connectivity index (χ0v) is 4.94. The molecular formula is C4H13N3. The van der Waals surface area contributed by atoms with Crippen molar-refractivity contribution in [3.8, 4) is 0 Å². The zero-order chi connectivity index (χ0) is 5.70. The predicted octanol–water partition coefficient (Wildman–Crippen LogP) is -0.641. The van der Waals surface area contributed by atoms with Gasteiger partial charge in [0, 0.05) is 6.54 Å². The van der Waals surface area contributed by atoms with Gasteiger partial charge in [-0.3, -0.25) is 5.43 Å². The molecule has 0 atom stereocenters. The minimum atomic E-state index is 0.576. The Hall–Kier alpha value is -0.120. The third-order valence-electron chi connectivity index (χ3n) is 0.918. The third kappa shape index (κ3) is 2.56. The molecule has 0 amide bonds. The van der Waals surface area contributed by atoms with Gasteiger partial charge in [-0.05, 0) is 7.05 Å². The topological polar surface area (TPSA) is 41.3 Å². The van der Waals surface area contributed by atoms with Crippen LogP contribution in [0.15, 0.2) is 0 Å². The average Bonchev–Trinajstić information content (AvgIpc) is 1.72. The normalized spacial score (nSPS) is 10.3. The van der Waals surface area contributed by atoms with Crippen LogP contribution < -0.4 is 11.2 Å². The summed E-state index contributed by atoms with van der Waals surface area (Å²) in [6.45, 7) is 3.57. The van der Waals surface area contributed by atoms with E-state index in [0.717, 1.165) is 6.54 Å². The molecular weight excluding hydrogens is 90.1 g/mol. The number of rotatable bonds is 3. The molecule has 0 aliphatic rings. The highest BCUT2D eigenvalue weighted by Crippen LogP contribution is 1.69. The largest absolute Gasteiger partial charge is 0.317 e. The van der Waals surface area contributed by atoms with Gasteiger partial charge in [0.1, 0.15) is 0 Å². The smallest absolute Gasteiger partial charge is 0.0595 e. The molecule has 0 aromatic heterocycles. The SMILES string of the molecule is CCN(CN)NC. The fourth-order valence-electron chi connectivity index (χ4n) is 0.379. The molecule has 0 aliphatic heterocycles. The van der Waals surface area contributed by atoms with Gasteiger partial charge in [-0.25, -0.2) is 5.01 Å². The fourth-order valence-corrected chi connectivity index (χ4v) is 0.379. The lowest BCUT2D eigenvalue weighted by Gasteiger charge is -2.14. The first-order valence-corrected chi connectivity index (χ1v) is 2.47.